The summed E-state index contributed by atoms with van der Waals surface area (Å²) in [4.78, 5) is 18.2. The number of ether oxygens (including phenoxy) is 1. The van der Waals surface area contributed by atoms with Gasteiger partial charge in [0.2, 0.25) is 0 Å². The summed E-state index contributed by atoms with van der Waals surface area (Å²) in [6.45, 7) is 8.09. The van der Waals surface area contributed by atoms with Crippen molar-refractivity contribution in [1.82, 2.24) is 9.88 Å². The number of esters is 1. The molecule has 4 nitrogen and oxygen atoms in total. The van der Waals surface area contributed by atoms with E-state index in [-0.39, 0.29) is 5.97 Å². The largest absolute Gasteiger partial charge is 0.462 e. The van der Waals surface area contributed by atoms with Crippen molar-refractivity contribution in [1.29, 1.82) is 0 Å². The number of aromatic amines is 1. The van der Waals surface area contributed by atoms with Gasteiger partial charge in [0.25, 0.3) is 0 Å². The number of nitrogens with one attached hydrogen (secondary N) is 1. The molecule has 0 aliphatic carbocycles. The van der Waals surface area contributed by atoms with Gasteiger partial charge in [-0.05, 0) is 63.4 Å². The Morgan fingerprint density at radius 2 is 2.12 bits per heavy atom. The van der Waals surface area contributed by atoms with Gasteiger partial charge < -0.3 is 14.6 Å². The van der Waals surface area contributed by atoms with Crippen molar-refractivity contribution in [2.75, 3.05) is 26.2 Å². The van der Waals surface area contributed by atoms with Crippen LogP contribution in [0.25, 0.3) is 10.9 Å². The number of nitrogens with zero attached hydrogens (tertiary/aromatic N) is 1. The monoisotopic (exact) mass is 362 g/mol. The lowest BCUT2D eigenvalue weighted by atomic mass is 9.97. The Bertz CT molecular complexity index is 733. The van der Waals surface area contributed by atoms with Gasteiger partial charge in [-0.1, -0.05) is 37.1 Å². The summed E-state index contributed by atoms with van der Waals surface area (Å²) in [5.41, 5.74) is 2.37. The van der Waals surface area contributed by atoms with Gasteiger partial charge in [-0.2, -0.15) is 0 Å². The Hall–Kier alpha value is -1.52. The van der Waals surface area contributed by atoms with Crippen LogP contribution in [0.15, 0.2) is 18.2 Å². The van der Waals surface area contributed by atoms with Crippen molar-refractivity contribution in [2.24, 2.45) is 5.92 Å². The number of benzene rings is 1. The molecule has 25 heavy (non-hydrogen) atoms. The van der Waals surface area contributed by atoms with Crippen LogP contribution in [-0.2, 0) is 4.74 Å². The number of H-pyrrole nitrogens is 1. The molecule has 0 unspecified atom stereocenters. The third kappa shape index (κ3) is 4.18. The fraction of sp³-hybridized carbons (Fsp3) is 0.550. The maximum absolute atomic E-state index is 12.6. The van der Waals surface area contributed by atoms with E-state index in [1.807, 2.05) is 25.1 Å². The zero-order valence-electron chi connectivity index (χ0n) is 15.1. The number of carbonyl (C=O) groups excluding carboxylic acids is 1. The van der Waals surface area contributed by atoms with Gasteiger partial charge in [0.05, 0.1) is 6.61 Å². The molecule has 0 atom stereocenters. The topological polar surface area (TPSA) is 45.3 Å². The summed E-state index contributed by atoms with van der Waals surface area (Å²) < 4.78 is 5.62. The zero-order chi connectivity index (χ0) is 17.8. The van der Waals surface area contributed by atoms with Gasteiger partial charge in [0, 0.05) is 10.9 Å². The van der Waals surface area contributed by atoms with Crippen molar-refractivity contribution in [2.45, 2.75) is 39.5 Å². The molecule has 0 spiro atoms. The maximum atomic E-state index is 12.6. The van der Waals surface area contributed by atoms with E-state index in [1.165, 1.54) is 19.4 Å². The van der Waals surface area contributed by atoms with E-state index in [0.717, 1.165) is 42.4 Å². The van der Waals surface area contributed by atoms with Crippen LogP contribution in [0.3, 0.4) is 0 Å². The first-order valence-corrected chi connectivity index (χ1v) is 9.64. The highest BCUT2D eigenvalue weighted by atomic mass is 35.5. The second-order valence-corrected chi connectivity index (χ2v) is 7.43. The van der Waals surface area contributed by atoms with Crippen molar-refractivity contribution in [3.63, 3.8) is 0 Å². The average Bonchev–Trinajstić information content (AvgIpc) is 2.96. The highest BCUT2D eigenvalue weighted by Gasteiger charge is 2.23. The summed E-state index contributed by atoms with van der Waals surface area (Å²) >= 11 is 6.26. The van der Waals surface area contributed by atoms with Gasteiger partial charge >= 0.3 is 5.97 Å². The predicted octanol–water partition coefficient (Wildman–Crippen LogP) is 4.80. The number of halogens is 1. The Balaban J connectivity index is 1.58. The third-order valence-corrected chi connectivity index (χ3v) is 5.46. The lowest BCUT2D eigenvalue weighted by Crippen LogP contribution is -2.36. The van der Waals surface area contributed by atoms with Gasteiger partial charge in [0.15, 0.2) is 0 Å². The molecule has 1 aromatic heterocycles. The van der Waals surface area contributed by atoms with Crippen molar-refractivity contribution in [3.05, 3.63) is 34.5 Å². The number of likely N-dealkylation sites (tertiary alicyclic amines) is 1. The minimum absolute atomic E-state index is 0.320. The van der Waals surface area contributed by atoms with Gasteiger partial charge in [0.1, 0.15) is 10.7 Å². The van der Waals surface area contributed by atoms with E-state index < -0.39 is 0 Å². The van der Waals surface area contributed by atoms with Gasteiger partial charge in [-0.3, -0.25) is 0 Å². The molecular weight excluding hydrogens is 336 g/mol. The molecule has 2 heterocycles. The average molecular weight is 363 g/mol. The number of aromatic nitrogens is 1. The van der Waals surface area contributed by atoms with E-state index in [4.69, 9.17) is 16.3 Å². The number of unbranched alkanes of at least 4 members (excludes halogenated alkanes) is 1. The number of piperidine rings is 1. The van der Waals surface area contributed by atoms with Crippen LogP contribution in [0.1, 0.15) is 48.5 Å². The Morgan fingerprint density at radius 1 is 1.36 bits per heavy atom. The third-order valence-electron chi connectivity index (χ3n) is 5.18. The summed E-state index contributed by atoms with van der Waals surface area (Å²) in [7, 11) is 0. The van der Waals surface area contributed by atoms with Crippen molar-refractivity contribution < 1.29 is 9.53 Å². The first-order valence-electron chi connectivity index (χ1n) is 9.26. The smallest absolute Gasteiger partial charge is 0.341 e. The van der Waals surface area contributed by atoms with Gasteiger partial charge in [-0.15, -0.1) is 0 Å². The van der Waals surface area contributed by atoms with Crippen LogP contribution >= 0.6 is 11.6 Å². The van der Waals surface area contributed by atoms with Crippen LogP contribution in [0.2, 0.25) is 5.15 Å². The number of rotatable bonds is 6. The molecule has 136 valence electrons. The van der Waals surface area contributed by atoms with Gasteiger partial charge in [-0.25, -0.2) is 4.79 Å². The molecule has 0 radical (unpaired) electrons. The summed E-state index contributed by atoms with van der Waals surface area (Å²) in [5.74, 6) is 0.130. The second-order valence-electron chi connectivity index (χ2n) is 7.05. The molecule has 2 aromatic rings. The minimum Gasteiger partial charge on any atom is -0.462 e. The Kier molecular flexibility index (Phi) is 6.02. The fourth-order valence-electron chi connectivity index (χ4n) is 3.61. The molecule has 0 amide bonds. The lowest BCUT2D eigenvalue weighted by molar-refractivity contribution is 0.0374. The first kappa shape index (κ1) is 18.3. The SMILES string of the molecule is CCCCN1CCC(COC(=O)c2c(Cl)[nH]c3cccc(C)c23)CC1. The first-order chi connectivity index (χ1) is 12.1. The van der Waals surface area contributed by atoms with Crippen LogP contribution in [0.5, 0.6) is 0 Å². The molecule has 1 aliphatic heterocycles. The van der Waals surface area contributed by atoms with E-state index in [0.29, 0.717) is 23.2 Å². The standard InChI is InChI=1S/C20H27ClN2O2/c1-3-4-10-23-11-8-15(9-12-23)13-25-20(24)18-17-14(2)6-5-7-16(17)22-19(18)21/h5-7,15,22H,3-4,8-13H2,1-2H3. The molecule has 0 saturated carbocycles. The van der Waals surface area contributed by atoms with E-state index in [1.54, 1.807) is 0 Å². The van der Waals surface area contributed by atoms with Crippen LogP contribution in [0.4, 0.5) is 0 Å². The molecule has 3 rings (SSSR count). The van der Waals surface area contributed by atoms with E-state index in [9.17, 15) is 4.79 Å². The van der Waals surface area contributed by atoms with Crippen molar-refractivity contribution >= 4 is 28.5 Å². The highest BCUT2D eigenvalue weighted by molar-refractivity contribution is 6.35. The number of aryl methyl sites for hydroxylation is 1. The number of carbonyl (C=O) groups is 1. The van der Waals surface area contributed by atoms with E-state index >= 15 is 0 Å². The second kappa shape index (κ2) is 8.24. The molecule has 0 bridgehead atoms. The van der Waals surface area contributed by atoms with Crippen molar-refractivity contribution in [3.8, 4) is 0 Å². The maximum Gasteiger partial charge on any atom is 0.341 e. The molecule has 1 N–H and O–H groups in total. The normalized spacial score (nSPS) is 16.4. The number of fused-ring (bicyclic) bond motifs is 1. The van der Waals surface area contributed by atoms with Crippen LogP contribution < -0.4 is 0 Å². The zero-order valence-corrected chi connectivity index (χ0v) is 15.9. The fourth-order valence-corrected chi connectivity index (χ4v) is 3.88. The summed E-state index contributed by atoms with van der Waals surface area (Å²) in [5, 5.41) is 1.23. The lowest BCUT2D eigenvalue weighted by Gasteiger charge is -2.31. The molecule has 5 heteroatoms. The molecular formula is C20H27ClN2O2. The summed E-state index contributed by atoms with van der Waals surface area (Å²) in [6.07, 6.45) is 4.69. The molecule has 1 aliphatic rings. The molecule has 1 fully saturated rings. The summed E-state index contributed by atoms with van der Waals surface area (Å²) in [6, 6.07) is 5.86. The predicted molar refractivity (Wildman–Crippen MR) is 102 cm³/mol. The number of hydrogen-bond donors (Lipinski definition) is 1. The molecule has 1 aromatic carbocycles. The van der Waals surface area contributed by atoms with Crippen LogP contribution in [0, 0.1) is 12.8 Å². The molecule has 1 saturated heterocycles. The highest BCUT2D eigenvalue weighted by Crippen LogP contribution is 2.30. The number of hydrogen-bond acceptors (Lipinski definition) is 3. The Labute approximate surface area is 154 Å². The van der Waals surface area contributed by atoms with E-state index in [2.05, 4.69) is 16.8 Å². The minimum atomic E-state index is -0.320. The Morgan fingerprint density at radius 3 is 2.84 bits per heavy atom. The van der Waals surface area contributed by atoms with Crippen LogP contribution in [-0.4, -0.2) is 42.1 Å². The quantitative estimate of drug-likeness (QED) is 0.751.